The number of phenolic OH excluding ortho intramolecular Hbond substituents is 1. The van der Waals surface area contributed by atoms with E-state index in [2.05, 4.69) is 5.32 Å². The van der Waals surface area contributed by atoms with Gasteiger partial charge in [-0.1, -0.05) is 29.3 Å². The number of rotatable bonds is 4. The zero-order valence-electron chi connectivity index (χ0n) is 14.5. The van der Waals surface area contributed by atoms with Crippen LogP contribution >= 0.6 is 11.6 Å². The third kappa shape index (κ3) is 4.51. The van der Waals surface area contributed by atoms with Crippen molar-refractivity contribution in [3.8, 4) is 5.75 Å². The fourth-order valence-corrected chi connectivity index (χ4v) is 2.72. The second-order valence-corrected chi connectivity index (χ2v) is 6.41. The number of halogens is 1. The van der Waals surface area contributed by atoms with E-state index in [1.54, 1.807) is 0 Å². The lowest BCUT2D eigenvalue weighted by atomic mass is 10.0. The van der Waals surface area contributed by atoms with Crippen LogP contribution in [-0.4, -0.2) is 23.1 Å². The van der Waals surface area contributed by atoms with Crippen molar-refractivity contribution < 1.29 is 19.4 Å². The summed E-state index contributed by atoms with van der Waals surface area (Å²) in [5, 5.41) is 12.8. The van der Waals surface area contributed by atoms with Crippen molar-refractivity contribution in [1.82, 2.24) is 0 Å². The van der Waals surface area contributed by atoms with Crippen molar-refractivity contribution in [3.63, 3.8) is 0 Å². The molecule has 0 bridgehead atoms. The lowest BCUT2D eigenvalue weighted by Gasteiger charge is -2.17. The number of amides is 1. The van der Waals surface area contributed by atoms with Crippen molar-refractivity contribution in [2.45, 2.75) is 33.8 Å². The first-order valence-corrected chi connectivity index (χ1v) is 8.15. The minimum atomic E-state index is -1.03. The summed E-state index contributed by atoms with van der Waals surface area (Å²) in [5.74, 6) is -1.54. The van der Waals surface area contributed by atoms with Gasteiger partial charge in [0.15, 0.2) is 6.10 Å². The zero-order valence-corrected chi connectivity index (χ0v) is 15.3. The van der Waals surface area contributed by atoms with Crippen LogP contribution < -0.4 is 5.32 Å². The van der Waals surface area contributed by atoms with Gasteiger partial charge in [0.05, 0.1) is 0 Å². The first-order valence-electron chi connectivity index (χ1n) is 7.77. The molecular weight excluding hydrogens is 342 g/mol. The number of anilines is 1. The van der Waals surface area contributed by atoms with Crippen LogP contribution in [0.5, 0.6) is 5.75 Å². The van der Waals surface area contributed by atoms with E-state index < -0.39 is 18.0 Å². The van der Waals surface area contributed by atoms with Gasteiger partial charge in [-0.2, -0.15) is 0 Å². The van der Waals surface area contributed by atoms with E-state index in [0.717, 1.165) is 16.7 Å². The van der Waals surface area contributed by atoms with Gasteiger partial charge in [0.2, 0.25) is 0 Å². The van der Waals surface area contributed by atoms with Gasteiger partial charge in [-0.05, 0) is 57.0 Å². The highest BCUT2D eigenvalue weighted by atomic mass is 35.5. The number of phenols is 1. The summed E-state index contributed by atoms with van der Waals surface area (Å²) in [6.45, 7) is 7.25. The number of ether oxygens (including phenoxy) is 1. The van der Waals surface area contributed by atoms with Crippen LogP contribution in [0.15, 0.2) is 30.3 Å². The highest BCUT2D eigenvalue weighted by Gasteiger charge is 2.22. The maximum absolute atomic E-state index is 12.3. The molecule has 2 N–H and O–H groups in total. The van der Waals surface area contributed by atoms with Gasteiger partial charge >= 0.3 is 5.97 Å². The molecular formula is C19H20ClNO4. The molecule has 1 amide bonds. The summed E-state index contributed by atoms with van der Waals surface area (Å²) in [7, 11) is 0. The SMILES string of the molecule is Cc1cc(C)c(NC(=O)[C@@H](C)OC(=O)c2ccc(Cl)cc2O)c(C)c1. The van der Waals surface area contributed by atoms with Gasteiger partial charge in [-0.25, -0.2) is 4.79 Å². The maximum atomic E-state index is 12.3. The molecule has 0 unspecified atom stereocenters. The second kappa shape index (κ2) is 7.57. The molecule has 2 aromatic carbocycles. The number of hydrogen-bond donors (Lipinski definition) is 2. The predicted octanol–water partition coefficient (Wildman–Crippen LogP) is 4.15. The van der Waals surface area contributed by atoms with Crippen LogP contribution in [0.3, 0.4) is 0 Å². The first-order chi connectivity index (χ1) is 11.7. The van der Waals surface area contributed by atoms with Crippen molar-refractivity contribution in [1.29, 1.82) is 0 Å². The van der Waals surface area contributed by atoms with Crippen LogP contribution in [0.4, 0.5) is 5.69 Å². The fourth-order valence-electron chi connectivity index (χ4n) is 2.56. The minimum Gasteiger partial charge on any atom is -0.507 e. The van der Waals surface area contributed by atoms with Gasteiger partial charge < -0.3 is 15.2 Å². The molecule has 0 aliphatic rings. The number of carbonyl (C=O) groups excluding carboxylic acids is 2. The lowest BCUT2D eigenvalue weighted by Crippen LogP contribution is -2.30. The van der Waals surface area contributed by atoms with Gasteiger partial charge in [0.1, 0.15) is 11.3 Å². The van der Waals surface area contributed by atoms with E-state index in [-0.39, 0.29) is 11.3 Å². The number of nitrogens with one attached hydrogen (secondary N) is 1. The van der Waals surface area contributed by atoms with Gasteiger partial charge in [0, 0.05) is 10.7 Å². The monoisotopic (exact) mass is 361 g/mol. The topological polar surface area (TPSA) is 75.6 Å². The average Bonchev–Trinajstić information content (AvgIpc) is 2.50. The molecule has 0 aromatic heterocycles. The molecule has 2 rings (SSSR count). The van der Waals surface area contributed by atoms with Crippen molar-refractivity contribution in [2.75, 3.05) is 5.32 Å². The Bertz CT molecular complexity index is 809. The summed E-state index contributed by atoms with van der Waals surface area (Å²) in [6, 6.07) is 7.97. The molecule has 0 fully saturated rings. The molecule has 132 valence electrons. The van der Waals surface area contributed by atoms with Gasteiger partial charge in [-0.3, -0.25) is 4.79 Å². The molecule has 6 heteroatoms. The molecule has 0 aliphatic carbocycles. The Labute approximate surface area is 151 Å². The van der Waals surface area contributed by atoms with E-state index in [0.29, 0.717) is 10.7 Å². The highest BCUT2D eigenvalue weighted by Crippen LogP contribution is 2.24. The van der Waals surface area contributed by atoms with Gasteiger partial charge in [-0.15, -0.1) is 0 Å². The zero-order chi connectivity index (χ0) is 18.7. The summed E-state index contributed by atoms with van der Waals surface area (Å²) in [4.78, 5) is 24.5. The molecule has 0 heterocycles. The van der Waals surface area contributed by atoms with Gasteiger partial charge in [0.25, 0.3) is 5.91 Å². The quantitative estimate of drug-likeness (QED) is 0.802. The number of carbonyl (C=O) groups is 2. The lowest BCUT2D eigenvalue weighted by molar-refractivity contribution is -0.123. The third-order valence-corrected chi connectivity index (χ3v) is 3.99. The summed E-state index contributed by atoms with van der Waals surface area (Å²) in [5.41, 5.74) is 3.62. The molecule has 0 aliphatic heterocycles. The Hall–Kier alpha value is -2.53. The molecule has 25 heavy (non-hydrogen) atoms. The van der Waals surface area contributed by atoms with Crippen molar-refractivity contribution >= 4 is 29.2 Å². The van der Waals surface area contributed by atoms with Crippen molar-refractivity contribution in [2.24, 2.45) is 0 Å². The Morgan fingerprint density at radius 1 is 1.12 bits per heavy atom. The fraction of sp³-hybridized carbons (Fsp3) is 0.263. The minimum absolute atomic E-state index is 0.0493. The Balaban J connectivity index is 2.09. The van der Waals surface area contributed by atoms with Crippen LogP contribution in [0.25, 0.3) is 0 Å². The summed E-state index contributed by atoms with van der Waals surface area (Å²) < 4.78 is 5.14. The molecule has 1 atom stereocenters. The van der Waals surface area contributed by atoms with Crippen LogP contribution in [0.2, 0.25) is 5.02 Å². The van der Waals surface area contributed by atoms with Crippen LogP contribution in [0, 0.1) is 20.8 Å². The molecule has 2 aromatic rings. The normalized spacial score (nSPS) is 11.7. The summed E-state index contributed by atoms with van der Waals surface area (Å²) in [6.07, 6.45) is -1.03. The standard InChI is InChI=1S/C19H20ClNO4/c1-10-7-11(2)17(12(3)8-10)21-18(23)13(4)25-19(24)15-6-5-14(20)9-16(15)22/h5-9,13,22H,1-4H3,(H,21,23)/t13-/m1/s1. The molecule has 0 saturated carbocycles. The maximum Gasteiger partial charge on any atom is 0.342 e. The van der Waals surface area contributed by atoms with E-state index in [1.807, 2.05) is 32.9 Å². The van der Waals surface area contributed by atoms with Crippen molar-refractivity contribution in [3.05, 3.63) is 57.6 Å². The number of aryl methyl sites for hydroxylation is 3. The molecule has 0 spiro atoms. The second-order valence-electron chi connectivity index (χ2n) is 5.97. The third-order valence-electron chi connectivity index (χ3n) is 3.76. The van der Waals surface area contributed by atoms with E-state index in [9.17, 15) is 14.7 Å². The Kier molecular flexibility index (Phi) is 5.69. The highest BCUT2D eigenvalue weighted by molar-refractivity contribution is 6.30. The van der Waals surface area contributed by atoms with Crippen LogP contribution in [0.1, 0.15) is 34.0 Å². The number of esters is 1. The number of hydrogen-bond acceptors (Lipinski definition) is 4. The molecule has 0 radical (unpaired) electrons. The Morgan fingerprint density at radius 3 is 2.28 bits per heavy atom. The predicted molar refractivity (Wildman–Crippen MR) is 97.3 cm³/mol. The first kappa shape index (κ1) is 18.8. The van der Waals surface area contributed by atoms with E-state index >= 15 is 0 Å². The van der Waals surface area contributed by atoms with E-state index in [4.69, 9.17) is 16.3 Å². The Morgan fingerprint density at radius 2 is 1.72 bits per heavy atom. The average molecular weight is 362 g/mol. The summed E-state index contributed by atoms with van der Waals surface area (Å²) >= 11 is 5.73. The molecule has 0 saturated heterocycles. The number of benzene rings is 2. The molecule has 5 nitrogen and oxygen atoms in total. The largest absolute Gasteiger partial charge is 0.507 e. The number of aromatic hydroxyl groups is 1. The van der Waals surface area contributed by atoms with Crippen LogP contribution in [-0.2, 0) is 9.53 Å². The van der Waals surface area contributed by atoms with E-state index in [1.165, 1.54) is 25.1 Å². The smallest absolute Gasteiger partial charge is 0.342 e.